The molecule has 0 spiro atoms. The lowest BCUT2D eigenvalue weighted by Crippen LogP contribution is -2.49. The SMILES string of the molecule is COc1ccc([C@H](CC(C)C)NC(=O)C2(c3ccccc3)CCOCC2)cc1. The summed E-state index contributed by atoms with van der Waals surface area (Å²) in [6, 6.07) is 18.1. The molecule has 1 aliphatic rings. The third-order valence-electron chi connectivity index (χ3n) is 5.64. The number of rotatable bonds is 7. The Morgan fingerprint density at radius 1 is 1.07 bits per heavy atom. The van der Waals surface area contributed by atoms with E-state index in [2.05, 4.69) is 31.3 Å². The molecule has 0 saturated carbocycles. The quantitative estimate of drug-likeness (QED) is 0.760. The van der Waals surface area contributed by atoms with Crippen LogP contribution in [-0.2, 0) is 14.9 Å². The number of nitrogens with one attached hydrogen (secondary N) is 1. The van der Waals surface area contributed by atoms with Crippen LogP contribution in [0.5, 0.6) is 5.75 Å². The molecule has 1 N–H and O–H groups in total. The predicted molar refractivity (Wildman–Crippen MR) is 112 cm³/mol. The number of carbonyl (C=O) groups is 1. The van der Waals surface area contributed by atoms with Crippen LogP contribution in [0.4, 0.5) is 0 Å². The van der Waals surface area contributed by atoms with Gasteiger partial charge in [0.25, 0.3) is 0 Å². The van der Waals surface area contributed by atoms with Gasteiger partial charge in [-0.2, -0.15) is 0 Å². The van der Waals surface area contributed by atoms with Gasteiger partial charge in [0.2, 0.25) is 5.91 Å². The van der Waals surface area contributed by atoms with Gasteiger partial charge in [-0.1, -0.05) is 56.3 Å². The maximum Gasteiger partial charge on any atom is 0.231 e. The van der Waals surface area contributed by atoms with Crippen LogP contribution < -0.4 is 10.1 Å². The molecule has 2 aromatic rings. The zero-order valence-electron chi connectivity index (χ0n) is 17.1. The first-order valence-electron chi connectivity index (χ1n) is 10.1. The summed E-state index contributed by atoms with van der Waals surface area (Å²) in [6.07, 6.45) is 2.30. The molecule has 1 saturated heterocycles. The van der Waals surface area contributed by atoms with Gasteiger partial charge in [0, 0.05) is 13.2 Å². The number of methoxy groups -OCH3 is 1. The van der Waals surface area contributed by atoms with E-state index in [1.54, 1.807) is 7.11 Å². The number of hydrogen-bond acceptors (Lipinski definition) is 3. The fourth-order valence-corrected chi connectivity index (χ4v) is 4.01. The van der Waals surface area contributed by atoms with Crippen molar-refractivity contribution in [2.24, 2.45) is 5.92 Å². The molecule has 3 rings (SSSR count). The van der Waals surface area contributed by atoms with Gasteiger partial charge in [0.05, 0.1) is 18.6 Å². The molecule has 4 heteroatoms. The Balaban J connectivity index is 1.88. The molecular weight excluding hydrogens is 350 g/mol. The van der Waals surface area contributed by atoms with Crippen LogP contribution in [-0.4, -0.2) is 26.2 Å². The van der Waals surface area contributed by atoms with Gasteiger partial charge in [-0.3, -0.25) is 4.79 Å². The number of hydrogen-bond donors (Lipinski definition) is 1. The third kappa shape index (κ3) is 4.56. The summed E-state index contributed by atoms with van der Waals surface area (Å²) in [5.74, 6) is 1.39. The third-order valence-corrected chi connectivity index (χ3v) is 5.64. The van der Waals surface area contributed by atoms with Crippen LogP contribution in [0, 0.1) is 5.92 Å². The highest BCUT2D eigenvalue weighted by atomic mass is 16.5. The van der Waals surface area contributed by atoms with Gasteiger partial charge in [0.15, 0.2) is 0 Å². The summed E-state index contributed by atoms with van der Waals surface area (Å²) in [7, 11) is 1.66. The second-order valence-corrected chi connectivity index (χ2v) is 7.99. The van der Waals surface area contributed by atoms with E-state index in [-0.39, 0.29) is 11.9 Å². The molecule has 0 aromatic heterocycles. The second-order valence-electron chi connectivity index (χ2n) is 7.99. The highest BCUT2D eigenvalue weighted by Crippen LogP contribution is 2.36. The normalized spacial score (nSPS) is 17.1. The zero-order chi connectivity index (χ0) is 20.0. The Labute approximate surface area is 168 Å². The molecule has 2 aromatic carbocycles. The first-order valence-corrected chi connectivity index (χ1v) is 10.1. The topological polar surface area (TPSA) is 47.6 Å². The van der Waals surface area contributed by atoms with Crippen molar-refractivity contribution in [2.45, 2.75) is 44.6 Å². The Bertz CT molecular complexity index is 749. The summed E-state index contributed by atoms with van der Waals surface area (Å²) >= 11 is 0. The Kier molecular flexibility index (Phi) is 6.74. The van der Waals surface area contributed by atoms with Crippen molar-refractivity contribution in [1.82, 2.24) is 5.32 Å². The molecule has 0 bridgehead atoms. The summed E-state index contributed by atoms with van der Waals surface area (Å²) in [5, 5.41) is 3.38. The van der Waals surface area contributed by atoms with Gasteiger partial charge < -0.3 is 14.8 Å². The highest BCUT2D eigenvalue weighted by Gasteiger charge is 2.42. The lowest BCUT2D eigenvalue weighted by molar-refractivity contribution is -0.131. The fraction of sp³-hybridized carbons (Fsp3) is 0.458. The summed E-state index contributed by atoms with van der Waals surface area (Å²) in [4.78, 5) is 13.6. The second kappa shape index (κ2) is 9.24. The van der Waals surface area contributed by atoms with Crippen molar-refractivity contribution < 1.29 is 14.3 Å². The summed E-state index contributed by atoms with van der Waals surface area (Å²) in [6.45, 7) is 5.59. The van der Waals surface area contributed by atoms with Crippen molar-refractivity contribution >= 4 is 5.91 Å². The molecule has 4 nitrogen and oxygen atoms in total. The number of carbonyl (C=O) groups excluding carboxylic acids is 1. The number of amides is 1. The average Bonchev–Trinajstić information content (AvgIpc) is 2.74. The smallest absolute Gasteiger partial charge is 0.231 e. The van der Waals surface area contributed by atoms with Crippen molar-refractivity contribution in [3.05, 3.63) is 65.7 Å². The van der Waals surface area contributed by atoms with E-state index < -0.39 is 5.41 Å². The molecule has 0 aliphatic carbocycles. The largest absolute Gasteiger partial charge is 0.497 e. The van der Waals surface area contributed by atoms with Gasteiger partial charge in [-0.15, -0.1) is 0 Å². The van der Waals surface area contributed by atoms with E-state index in [0.29, 0.717) is 32.0 Å². The van der Waals surface area contributed by atoms with Crippen LogP contribution in [0.1, 0.15) is 50.3 Å². The van der Waals surface area contributed by atoms with E-state index in [0.717, 1.165) is 23.3 Å². The molecule has 1 fully saturated rings. The van der Waals surface area contributed by atoms with E-state index >= 15 is 0 Å². The van der Waals surface area contributed by atoms with E-state index in [4.69, 9.17) is 9.47 Å². The van der Waals surface area contributed by atoms with Gasteiger partial charge in [-0.25, -0.2) is 0 Å². The van der Waals surface area contributed by atoms with Gasteiger partial charge >= 0.3 is 0 Å². The lowest BCUT2D eigenvalue weighted by atomic mass is 9.73. The zero-order valence-corrected chi connectivity index (χ0v) is 17.1. The molecule has 1 atom stereocenters. The Morgan fingerprint density at radius 3 is 2.29 bits per heavy atom. The van der Waals surface area contributed by atoms with Crippen LogP contribution in [0.15, 0.2) is 54.6 Å². The summed E-state index contributed by atoms with van der Waals surface area (Å²) < 4.78 is 10.9. The van der Waals surface area contributed by atoms with Crippen molar-refractivity contribution in [3.63, 3.8) is 0 Å². The Hall–Kier alpha value is -2.33. The van der Waals surface area contributed by atoms with Crippen LogP contribution in [0.2, 0.25) is 0 Å². The lowest BCUT2D eigenvalue weighted by Gasteiger charge is -2.37. The molecule has 1 amide bonds. The van der Waals surface area contributed by atoms with Crippen molar-refractivity contribution in [2.75, 3.05) is 20.3 Å². The minimum atomic E-state index is -0.527. The van der Waals surface area contributed by atoms with Crippen LogP contribution in [0.25, 0.3) is 0 Å². The molecule has 0 radical (unpaired) electrons. The van der Waals surface area contributed by atoms with Crippen molar-refractivity contribution in [1.29, 1.82) is 0 Å². The van der Waals surface area contributed by atoms with E-state index in [1.807, 2.05) is 42.5 Å². The number of ether oxygens (including phenoxy) is 2. The van der Waals surface area contributed by atoms with Crippen LogP contribution in [0.3, 0.4) is 0 Å². The predicted octanol–water partition coefficient (Wildman–Crippen LogP) is 4.65. The monoisotopic (exact) mass is 381 g/mol. The van der Waals surface area contributed by atoms with Crippen molar-refractivity contribution in [3.8, 4) is 5.75 Å². The minimum Gasteiger partial charge on any atom is -0.497 e. The van der Waals surface area contributed by atoms with Gasteiger partial charge in [-0.05, 0) is 48.4 Å². The number of benzene rings is 2. The molecule has 0 unspecified atom stereocenters. The standard InChI is InChI=1S/C24H31NO3/c1-18(2)17-22(19-9-11-21(27-3)12-10-19)25-23(26)24(13-15-28-16-14-24)20-7-5-4-6-8-20/h4-12,18,22H,13-17H2,1-3H3,(H,25,26)/t22-/m0/s1. The first-order chi connectivity index (χ1) is 13.5. The molecular formula is C24H31NO3. The molecule has 150 valence electrons. The van der Waals surface area contributed by atoms with E-state index in [1.165, 1.54) is 0 Å². The Morgan fingerprint density at radius 2 is 1.71 bits per heavy atom. The maximum atomic E-state index is 13.6. The minimum absolute atomic E-state index is 0.0261. The first kappa shape index (κ1) is 20.4. The van der Waals surface area contributed by atoms with Gasteiger partial charge in [0.1, 0.15) is 5.75 Å². The maximum absolute atomic E-state index is 13.6. The van der Waals surface area contributed by atoms with Crippen LogP contribution >= 0.6 is 0 Å². The van der Waals surface area contributed by atoms with E-state index in [9.17, 15) is 4.79 Å². The highest BCUT2D eigenvalue weighted by molar-refractivity contribution is 5.88. The summed E-state index contributed by atoms with van der Waals surface area (Å²) in [5.41, 5.74) is 1.66. The average molecular weight is 382 g/mol. The molecule has 1 aliphatic heterocycles. The molecule has 1 heterocycles. The molecule has 28 heavy (non-hydrogen) atoms. The fourth-order valence-electron chi connectivity index (χ4n) is 4.01.